The molecule has 12 heavy (non-hydrogen) atoms. The van der Waals surface area contributed by atoms with Gasteiger partial charge in [-0.25, -0.2) is 9.97 Å². The van der Waals surface area contributed by atoms with Crippen molar-refractivity contribution in [1.29, 1.82) is 0 Å². The lowest BCUT2D eigenvalue weighted by Crippen LogP contribution is -2.12. The van der Waals surface area contributed by atoms with Gasteiger partial charge in [0.2, 0.25) is 0 Å². The first-order valence-electron chi connectivity index (χ1n) is 3.64. The fourth-order valence-corrected chi connectivity index (χ4v) is 1.34. The van der Waals surface area contributed by atoms with Gasteiger partial charge in [0.25, 0.3) is 0 Å². The molecule has 1 aromatic rings. The highest BCUT2D eigenvalue weighted by Crippen LogP contribution is 2.10. The van der Waals surface area contributed by atoms with Crippen molar-refractivity contribution in [2.24, 2.45) is 0 Å². The lowest BCUT2D eigenvalue weighted by Gasteiger charge is -2.08. The Bertz CT molecular complexity index is 254. The highest BCUT2D eigenvalue weighted by molar-refractivity contribution is 14.1. The van der Waals surface area contributed by atoms with Crippen LogP contribution in [-0.2, 0) is 0 Å². The summed E-state index contributed by atoms with van der Waals surface area (Å²) in [6.07, 6.45) is 0. The molecule has 4 nitrogen and oxygen atoms in total. The predicted molar refractivity (Wildman–Crippen MR) is 57.9 cm³/mol. The fourth-order valence-electron chi connectivity index (χ4n) is 0.805. The summed E-state index contributed by atoms with van der Waals surface area (Å²) < 4.78 is 0.663. The van der Waals surface area contributed by atoms with Gasteiger partial charge < -0.3 is 11.1 Å². The van der Waals surface area contributed by atoms with Crippen LogP contribution in [0.2, 0.25) is 0 Å². The SMILES string of the molecule is CC(C)Nc1cc(N)nc(I)n1. The molecule has 1 aromatic heterocycles. The van der Waals surface area contributed by atoms with Crippen molar-refractivity contribution < 1.29 is 0 Å². The van der Waals surface area contributed by atoms with Gasteiger partial charge in [0, 0.05) is 34.7 Å². The zero-order chi connectivity index (χ0) is 9.14. The molecule has 0 radical (unpaired) electrons. The minimum Gasteiger partial charge on any atom is -0.384 e. The van der Waals surface area contributed by atoms with E-state index in [0.717, 1.165) is 5.82 Å². The Balaban J connectivity index is 2.85. The van der Waals surface area contributed by atoms with Gasteiger partial charge in [0.15, 0.2) is 3.83 Å². The lowest BCUT2D eigenvalue weighted by atomic mass is 10.4. The Morgan fingerprint density at radius 3 is 2.67 bits per heavy atom. The van der Waals surface area contributed by atoms with Crippen LogP contribution in [0.15, 0.2) is 6.07 Å². The average molecular weight is 278 g/mol. The molecule has 0 bridgehead atoms. The standard InChI is InChI=1S/C7H11IN4/c1-4(2)10-6-3-5(9)11-7(8)12-6/h3-4H,1-2H3,(H3,9,10,11,12). The maximum absolute atomic E-state index is 5.54. The molecule has 0 unspecified atom stereocenters. The number of nitrogen functional groups attached to an aromatic ring is 1. The Hall–Kier alpha value is -0.590. The molecule has 0 spiro atoms. The van der Waals surface area contributed by atoms with Gasteiger partial charge in [0.1, 0.15) is 11.6 Å². The van der Waals surface area contributed by atoms with E-state index in [-0.39, 0.29) is 0 Å². The van der Waals surface area contributed by atoms with Crippen LogP contribution in [0.1, 0.15) is 13.8 Å². The fraction of sp³-hybridized carbons (Fsp3) is 0.429. The van der Waals surface area contributed by atoms with E-state index in [1.807, 2.05) is 36.4 Å². The van der Waals surface area contributed by atoms with Crippen LogP contribution >= 0.6 is 22.6 Å². The summed E-state index contributed by atoms with van der Waals surface area (Å²) in [5, 5.41) is 3.15. The Labute approximate surface area is 85.1 Å². The molecule has 0 aliphatic heterocycles. The van der Waals surface area contributed by atoms with E-state index in [1.54, 1.807) is 6.07 Å². The van der Waals surface area contributed by atoms with E-state index in [4.69, 9.17) is 5.73 Å². The van der Waals surface area contributed by atoms with Crippen molar-refractivity contribution >= 4 is 34.2 Å². The van der Waals surface area contributed by atoms with E-state index in [1.165, 1.54) is 0 Å². The van der Waals surface area contributed by atoms with Gasteiger partial charge in [-0.15, -0.1) is 0 Å². The van der Waals surface area contributed by atoms with E-state index in [2.05, 4.69) is 15.3 Å². The first-order valence-corrected chi connectivity index (χ1v) is 4.72. The third-order valence-electron chi connectivity index (χ3n) is 1.16. The van der Waals surface area contributed by atoms with E-state index in [0.29, 0.717) is 15.7 Å². The van der Waals surface area contributed by atoms with Gasteiger partial charge >= 0.3 is 0 Å². The molecule has 0 amide bonds. The summed E-state index contributed by atoms with van der Waals surface area (Å²) in [5.41, 5.74) is 5.54. The number of rotatable bonds is 2. The van der Waals surface area contributed by atoms with Gasteiger partial charge in [-0.2, -0.15) is 0 Å². The van der Waals surface area contributed by atoms with Crippen molar-refractivity contribution in [3.8, 4) is 0 Å². The summed E-state index contributed by atoms with van der Waals surface area (Å²) in [6, 6.07) is 2.08. The van der Waals surface area contributed by atoms with Gasteiger partial charge in [-0.1, -0.05) is 0 Å². The van der Waals surface area contributed by atoms with E-state index in [9.17, 15) is 0 Å². The molecule has 5 heteroatoms. The zero-order valence-electron chi connectivity index (χ0n) is 7.00. The molecule has 0 aliphatic rings. The van der Waals surface area contributed by atoms with Crippen LogP contribution in [-0.4, -0.2) is 16.0 Å². The van der Waals surface area contributed by atoms with Crippen molar-refractivity contribution in [3.05, 3.63) is 9.90 Å². The maximum Gasteiger partial charge on any atom is 0.194 e. The van der Waals surface area contributed by atoms with Gasteiger partial charge in [0.05, 0.1) is 0 Å². The smallest absolute Gasteiger partial charge is 0.194 e. The molecule has 1 rings (SSSR count). The minimum absolute atomic E-state index is 0.357. The van der Waals surface area contributed by atoms with Crippen molar-refractivity contribution in [2.45, 2.75) is 19.9 Å². The summed E-state index contributed by atoms with van der Waals surface area (Å²) in [4.78, 5) is 8.11. The molecule has 0 aromatic carbocycles. The predicted octanol–water partition coefficient (Wildman–Crippen LogP) is 1.48. The second-order valence-corrected chi connectivity index (χ2v) is 3.71. The monoisotopic (exact) mass is 278 g/mol. The molecule has 0 atom stereocenters. The molecular weight excluding hydrogens is 267 g/mol. The number of nitrogens with one attached hydrogen (secondary N) is 1. The minimum atomic E-state index is 0.357. The lowest BCUT2D eigenvalue weighted by molar-refractivity contribution is 0.884. The summed E-state index contributed by atoms with van der Waals surface area (Å²) in [7, 11) is 0. The summed E-state index contributed by atoms with van der Waals surface area (Å²) >= 11 is 2.04. The van der Waals surface area contributed by atoms with E-state index < -0.39 is 0 Å². The number of nitrogens with zero attached hydrogens (tertiary/aromatic N) is 2. The quantitative estimate of drug-likeness (QED) is 0.635. The number of halogens is 1. The number of hydrogen-bond donors (Lipinski definition) is 2. The number of nitrogens with two attached hydrogens (primary N) is 1. The highest BCUT2D eigenvalue weighted by Gasteiger charge is 2.00. The highest BCUT2D eigenvalue weighted by atomic mass is 127. The molecule has 66 valence electrons. The van der Waals surface area contributed by atoms with Crippen LogP contribution in [0, 0.1) is 3.83 Å². The van der Waals surface area contributed by atoms with Crippen molar-refractivity contribution in [1.82, 2.24) is 9.97 Å². The number of anilines is 2. The second kappa shape index (κ2) is 3.88. The Morgan fingerprint density at radius 2 is 2.17 bits per heavy atom. The molecule has 3 N–H and O–H groups in total. The van der Waals surface area contributed by atoms with Crippen LogP contribution in [0.3, 0.4) is 0 Å². The molecular formula is C7H11IN4. The second-order valence-electron chi connectivity index (χ2n) is 2.75. The van der Waals surface area contributed by atoms with E-state index >= 15 is 0 Å². The third kappa shape index (κ3) is 2.80. The topological polar surface area (TPSA) is 63.8 Å². The number of hydrogen-bond acceptors (Lipinski definition) is 4. The van der Waals surface area contributed by atoms with Crippen LogP contribution < -0.4 is 11.1 Å². The molecule has 1 heterocycles. The molecule has 0 fully saturated rings. The summed E-state index contributed by atoms with van der Waals surface area (Å²) in [6.45, 7) is 4.09. The van der Waals surface area contributed by atoms with Crippen LogP contribution in [0.5, 0.6) is 0 Å². The summed E-state index contributed by atoms with van der Waals surface area (Å²) in [5.74, 6) is 1.28. The van der Waals surface area contributed by atoms with Gasteiger partial charge in [-0.3, -0.25) is 0 Å². The van der Waals surface area contributed by atoms with Crippen molar-refractivity contribution in [3.63, 3.8) is 0 Å². The average Bonchev–Trinajstić information content (AvgIpc) is 1.81. The zero-order valence-corrected chi connectivity index (χ0v) is 9.16. The van der Waals surface area contributed by atoms with Crippen molar-refractivity contribution in [2.75, 3.05) is 11.1 Å². The third-order valence-corrected chi connectivity index (χ3v) is 1.64. The van der Waals surface area contributed by atoms with Gasteiger partial charge in [-0.05, 0) is 13.8 Å². The Kier molecular flexibility index (Phi) is 3.07. The first-order chi connectivity index (χ1) is 5.58. The molecule has 0 aliphatic carbocycles. The van der Waals surface area contributed by atoms with Crippen LogP contribution in [0.4, 0.5) is 11.6 Å². The maximum atomic E-state index is 5.54. The molecule has 0 saturated heterocycles. The largest absolute Gasteiger partial charge is 0.384 e. The number of aromatic nitrogens is 2. The molecule has 0 saturated carbocycles. The first kappa shape index (κ1) is 9.50. The van der Waals surface area contributed by atoms with Crippen LogP contribution in [0.25, 0.3) is 0 Å². The normalized spacial score (nSPS) is 10.3. The Morgan fingerprint density at radius 1 is 1.50 bits per heavy atom.